The highest BCUT2D eigenvalue weighted by atomic mass is 32.2. The first kappa shape index (κ1) is 11.5. The molecule has 1 amide bonds. The second-order valence-electron chi connectivity index (χ2n) is 2.95. The van der Waals surface area contributed by atoms with E-state index in [-0.39, 0.29) is 5.75 Å². The molecule has 1 aromatic carbocycles. The first-order valence-electron chi connectivity index (χ1n) is 4.35. The quantitative estimate of drug-likeness (QED) is 0.788. The molecule has 0 aromatic heterocycles. The van der Waals surface area contributed by atoms with Gasteiger partial charge in [0.05, 0.1) is 5.75 Å². The van der Waals surface area contributed by atoms with Crippen LogP contribution in [0.15, 0.2) is 24.3 Å². The molecule has 0 aliphatic carbocycles. The van der Waals surface area contributed by atoms with Crippen LogP contribution in [0.2, 0.25) is 0 Å². The van der Waals surface area contributed by atoms with Gasteiger partial charge in [0.25, 0.3) is 0 Å². The van der Waals surface area contributed by atoms with Crippen LogP contribution in [0.5, 0.6) is 0 Å². The third-order valence-electron chi connectivity index (χ3n) is 1.82. The van der Waals surface area contributed by atoms with Gasteiger partial charge in [-0.15, -0.1) is 0 Å². The molecule has 0 radical (unpaired) electrons. The predicted octanol–water partition coefficient (Wildman–Crippen LogP) is 0.547. The minimum absolute atomic E-state index is 0.00453. The standard InChI is InChI=1S/C9H12N2O3S/c1-2-15(13,14)11-8-5-3-7(4-6-8)9(10)12/h3-6,11H,2H2,1H3,(H2,10,12). The molecule has 0 bridgehead atoms. The predicted molar refractivity (Wildman–Crippen MR) is 58.0 cm³/mol. The fourth-order valence-corrected chi connectivity index (χ4v) is 1.59. The van der Waals surface area contributed by atoms with Crippen LogP contribution in [0, 0.1) is 0 Å². The van der Waals surface area contributed by atoms with Gasteiger partial charge in [0.2, 0.25) is 15.9 Å². The number of rotatable bonds is 4. The van der Waals surface area contributed by atoms with Crippen LogP contribution in [0.25, 0.3) is 0 Å². The van der Waals surface area contributed by atoms with Crippen molar-refractivity contribution in [1.29, 1.82) is 0 Å². The van der Waals surface area contributed by atoms with Crippen molar-refractivity contribution in [3.05, 3.63) is 29.8 Å². The van der Waals surface area contributed by atoms with Gasteiger partial charge in [0.1, 0.15) is 0 Å². The summed E-state index contributed by atoms with van der Waals surface area (Å²) in [4.78, 5) is 10.7. The number of carbonyl (C=O) groups excluding carboxylic acids is 1. The van der Waals surface area contributed by atoms with E-state index >= 15 is 0 Å². The number of nitrogens with two attached hydrogens (primary N) is 1. The van der Waals surface area contributed by atoms with Crippen molar-refractivity contribution in [1.82, 2.24) is 0 Å². The molecule has 3 N–H and O–H groups in total. The van der Waals surface area contributed by atoms with Gasteiger partial charge < -0.3 is 5.73 Å². The first-order valence-corrected chi connectivity index (χ1v) is 6.00. The van der Waals surface area contributed by atoms with E-state index in [4.69, 9.17) is 5.73 Å². The number of benzene rings is 1. The molecule has 0 heterocycles. The number of hydrogen-bond donors (Lipinski definition) is 2. The van der Waals surface area contributed by atoms with Gasteiger partial charge in [-0.3, -0.25) is 9.52 Å². The second kappa shape index (κ2) is 4.31. The molecule has 15 heavy (non-hydrogen) atoms. The Balaban J connectivity index is 2.86. The molecule has 5 nitrogen and oxygen atoms in total. The van der Waals surface area contributed by atoms with Gasteiger partial charge >= 0.3 is 0 Å². The maximum Gasteiger partial charge on any atom is 0.248 e. The summed E-state index contributed by atoms with van der Waals surface area (Å²) in [5.41, 5.74) is 5.80. The molecule has 1 aromatic rings. The van der Waals surface area contributed by atoms with Crippen LogP contribution in [-0.2, 0) is 10.0 Å². The lowest BCUT2D eigenvalue weighted by molar-refractivity contribution is 0.100. The number of anilines is 1. The molecule has 0 aliphatic rings. The zero-order valence-corrected chi connectivity index (χ0v) is 9.04. The van der Waals surface area contributed by atoms with E-state index in [0.717, 1.165) is 0 Å². The molecule has 0 saturated heterocycles. The summed E-state index contributed by atoms with van der Waals surface area (Å²) >= 11 is 0. The number of primary amides is 1. The smallest absolute Gasteiger partial charge is 0.248 e. The van der Waals surface area contributed by atoms with E-state index in [9.17, 15) is 13.2 Å². The van der Waals surface area contributed by atoms with Gasteiger partial charge in [0, 0.05) is 11.3 Å². The van der Waals surface area contributed by atoms with Crippen LogP contribution in [0.4, 0.5) is 5.69 Å². The summed E-state index contributed by atoms with van der Waals surface area (Å²) < 4.78 is 24.7. The normalized spacial score (nSPS) is 11.0. The first-order chi connectivity index (χ1) is 6.94. The second-order valence-corrected chi connectivity index (χ2v) is 4.96. The molecule has 1 rings (SSSR count). The van der Waals surface area contributed by atoms with Gasteiger partial charge in [-0.2, -0.15) is 0 Å². The third kappa shape index (κ3) is 3.25. The molecule has 82 valence electrons. The third-order valence-corrected chi connectivity index (χ3v) is 3.13. The van der Waals surface area contributed by atoms with Crippen molar-refractivity contribution in [2.75, 3.05) is 10.5 Å². The summed E-state index contributed by atoms with van der Waals surface area (Å²) in [6.45, 7) is 1.54. The maximum absolute atomic E-state index is 11.2. The SMILES string of the molecule is CCS(=O)(=O)Nc1ccc(C(N)=O)cc1. The maximum atomic E-state index is 11.2. The van der Waals surface area contributed by atoms with Crippen LogP contribution < -0.4 is 10.5 Å². The van der Waals surface area contributed by atoms with Gasteiger partial charge in [-0.1, -0.05) is 0 Å². The lowest BCUT2D eigenvalue weighted by Gasteiger charge is -2.05. The summed E-state index contributed by atoms with van der Waals surface area (Å²) in [5.74, 6) is -0.537. The fourth-order valence-electron chi connectivity index (χ4n) is 0.954. The molecule has 6 heteroatoms. The highest BCUT2D eigenvalue weighted by Crippen LogP contribution is 2.10. The van der Waals surface area contributed by atoms with Crippen LogP contribution >= 0.6 is 0 Å². The zero-order valence-electron chi connectivity index (χ0n) is 8.23. The molecule has 0 saturated carbocycles. The highest BCUT2D eigenvalue weighted by Gasteiger charge is 2.06. The van der Waals surface area contributed by atoms with Crippen molar-refractivity contribution in [2.24, 2.45) is 5.73 Å². The zero-order chi connectivity index (χ0) is 11.5. The van der Waals surface area contributed by atoms with Crippen LogP contribution in [0.1, 0.15) is 17.3 Å². The summed E-state index contributed by atoms with van der Waals surface area (Å²) in [7, 11) is -3.27. The van der Waals surface area contributed by atoms with E-state index < -0.39 is 15.9 Å². The average molecular weight is 228 g/mol. The van der Waals surface area contributed by atoms with Crippen LogP contribution in [-0.4, -0.2) is 20.1 Å². The fraction of sp³-hybridized carbons (Fsp3) is 0.222. The molecule has 0 unspecified atom stereocenters. The van der Waals surface area contributed by atoms with E-state index in [1.165, 1.54) is 24.3 Å². The Morgan fingerprint density at radius 3 is 2.27 bits per heavy atom. The summed E-state index contributed by atoms with van der Waals surface area (Å²) in [6.07, 6.45) is 0. The minimum Gasteiger partial charge on any atom is -0.366 e. The van der Waals surface area contributed by atoms with Crippen molar-refractivity contribution in [3.8, 4) is 0 Å². The number of nitrogens with one attached hydrogen (secondary N) is 1. The van der Waals surface area contributed by atoms with E-state index in [0.29, 0.717) is 11.3 Å². The van der Waals surface area contributed by atoms with Gasteiger partial charge in [-0.25, -0.2) is 8.42 Å². The number of hydrogen-bond acceptors (Lipinski definition) is 3. The lowest BCUT2D eigenvalue weighted by Crippen LogP contribution is -2.15. The Morgan fingerprint density at radius 2 is 1.87 bits per heavy atom. The molecule has 0 spiro atoms. The molecule has 0 aliphatic heterocycles. The Bertz CT molecular complexity index is 451. The Morgan fingerprint density at radius 1 is 1.33 bits per heavy atom. The molecular weight excluding hydrogens is 216 g/mol. The van der Waals surface area contributed by atoms with Crippen molar-refractivity contribution >= 4 is 21.6 Å². The van der Waals surface area contributed by atoms with Gasteiger partial charge in [-0.05, 0) is 31.2 Å². The average Bonchev–Trinajstić information content (AvgIpc) is 2.18. The Hall–Kier alpha value is -1.56. The van der Waals surface area contributed by atoms with Crippen molar-refractivity contribution < 1.29 is 13.2 Å². The minimum atomic E-state index is -3.27. The number of carbonyl (C=O) groups is 1. The summed E-state index contributed by atoms with van der Waals surface area (Å²) in [5, 5.41) is 0. The largest absolute Gasteiger partial charge is 0.366 e. The van der Waals surface area contributed by atoms with E-state index in [2.05, 4.69) is 4.72 Å². The monoisotopic (exact) mass is 228 g/mol. The van der Waals surface area contributed by atoms with E-state index in [1.807, 2.05) is 0 Å². The molecule has 0 atom stereocenters. The Kier molecular flexibility index (Phi) is 3.31. The van der Waals surface area contributed by atoms with Crippen molar-refractivity contribution in [3.63, 3.8) is 0 Å². The van der Waals surface area contributed by atoms with Crippen LogP contribution in [0.3, 0.4) is 0 Å². The van der Waals surface area contributed by atoms with Gasteiger partial charge in [0.15, 0.2) is 0 Å². The van der Waals surface area contributed by atoms with E-state index in [1.54, 1.807) is 6.92 Å². The number of amides is 1. The molecule has 0 fully saturated rings. The topological polar surface area (TPSA) is 89.3 Å². The number of sulfonamides is 1. The molecular formula is C9H12N2O3S. The lowest BCUT2D eigenvalue weighted by atomic mass is 10.2. The summed E-state index contributed by atoms with van der Waals surface area (Å²) in [6, 6.07) is 5.92. The Labute approximate surface area is 88.3 Å². The van der Waals surface area contributed by atoms with Crippen molar-refractivity contribution in [2.45, 2.75) is 6.92 Å². The highest BCUT2D eigenvalue weighted by molar-refractivity contribution is 7.92.